The average Bonchev–Trinajstić information content (AvgIpc) is 2.50. The highest BCUT2D eigenvalue weighted by atomic mass is 16.6. The summed E-state index contributed by atoms with van der Waals surface area (Å²) in [5.74, 6) is 0. The molecule has 11 heavy (non-hydrogen) atoms. The topological polar surface area (TPSA) is 64.9 Å². The first-order valence-corrected chi connectivity index (χ1v) is 3.32. The van der Waals surface area contributed by atoms with Crippen molar-refractivity contribution in [3.63, 3.8) is 0 Å². The SMILES string of the molecule is NCc1cccc2nonc12. The van der Waals surface area contributed by atoms with Crippen LogP contribution in [0, 0.1) is 0 Å². The predicted molar refractivity (Wildman–Crippen MR) is 39.7 cm³/mol. The fourth-order valence-corrected chi connectivity index (χ4v) is 1.03. The molecule has 0 unspecified atom stereocenters. The van der Waals surface area contributed by atoms with Crippen LogP contribution in [0.1, 0.15) is 5.56 Å². The second-order valence-electron chi connectivity index (χ2n) is 2.25. The molecule has 0 aliphatic carbocycles. The van der Waals surface area contributed by atoms with Crippen LogP contribution in [-0.2, 0) is 6.54 Å². The van der Waals surface area contributed by atoms with Crippen LogP contribution in [0.15, 0.2) is 22.8 Å². The Kier molecular flexibility index (Phi) is 1.33. The molecular weight excluding hydrogens is 142 g/mol. The van der Waals surface area contributed by atoms with Gasteiger partial charge >= 0.3 is 0 Å². The van der Waals surface area contributed by atoms with E-state index in [1.807, 2.05) is 18.2 Å². The normalized spacial score (nSPS) is 10.6. The molecular formula is C7H7N3O. The van der Waals surface area contributed by atoms with Crippen molar-refractivity contribution < 1.29 is 4.63 Å². The highest BCUT2D eigenvalue weighted by Crippen LogP contribution is 2.12. The first kappa shape index (κ1) is 6.30. The van der Waals surface area contributed by atoms with Gasteiger partial charge in [0.1, 0.15) is 11.0 Å². The van der Waals surface area contributed by atoms with Crippen LogP contribution in [0.5, 0.6) is 0 Å². The summed E-state index contributed by atoms with van der Waals surface area (Å²) in [5.41, 5.74) is 7.94. The van der Waals surface area contributed by atoms with Gasteiger partial charge in [-0.05, 0) is 21.9 Å². The van der Waals surface area contributed by atoms with Crippen molar-refractivity contribution in [2.45, 2.75) is 6.54 Å². The molecule has 0 atom stereocenters. The number of hydrogen-bond acceptors (Lipinski definition) is 4. The molecule has 2 rings (SSSR count). The number of fused-ring (bicyclic) bond motifs is 1. The molecule has 56 valence electrons. The van der Waals surface area contributed by atoms with Crippen molar-refractivity contribution >= 4 is 11.0 Å². The summed E-state index contributed by atoms with van der Waals surface area (Å²) in [7, 11) is 0. The molecule has 4 heteroatoms. The third kappa shape index (κ3) is 0.877. The number of aromatic nitrogens is 2. The zero-order chi connectivity index (χ0) is 7.68. The maximum absolute atomic E-state index is 5.47. The Hall–Kier alpha value is -1.42. The molecule has 1 aromatic carbocycles. The van der Waals surface area contributed by atoms with Gasteiger partial charge in [0.25, 0.3) is 0 Å². The largest absolute Gasteiger partial charge is 0.326 e. The predicted octanol–water partition coefficient (Wildman–Crippen LogP) is 0.681. The third-order valence-electron chi connectivity index (χ3n) is 1.59. The first-order valence-electron chi connectivity index (χ1n) is 3.32. The quantitative estimate of drug-likeness (QED) is 0.647. The van der Waals surface area contributed by atoms with Gasteiger partial charge in [-0.15, -0.1) is 0 Å². The van der Waals surface area contributed by atoms with Gasteiger partial charge in [-0.2, -0.15) is 0 Å². The van der Waals surface area contributed by atoms with E-state index in [0.717, 1.165) is 16.6 Å². The van der Waals surface area contributed by atoms with Crippen molar-refractivity contribution in [1.82, 2.24) is 10.3 Å². The smallest absolute Gasteiger partial charge is 0.139 e. The van der Waals surface area contributed by atoms with Crippen LogP contribution in [0.2, 0.25) is 0 Å². The van der Waals surface area contributed by atoms with Crippen molar-refractivity contribution in [1.29, 1.82) is 0 Å². The molecule has 0 bridgehead atoms. The van der Waals surface area contributed by atoms with E-state index >= 15 is 0 Å². The molecule has 0 saturated carbocycles. The van der Waals surface area contributed by atoms with Crippen LogP contribution >= 0.6 is 0 Å². The molecule has 2 N–H and O–H groups in total. The van der Waals surface area contributed by atoms with E-state index in [1.54, 1.807) is 0 Å². The molecule has 0 fully saturated rings. The molecule has 0 aliphatic rings. The zero-order valence-corrected chi connectivity index (χ0v) is 5.82. The zero-order valence-electron chi connectivity index (χ0n) is 5.82. The van der Waals surface area contributed by atoms with Gasteiger partial charge in [0.2, 0.25) is 0 Å². The summed E-state index contributed by atoms with van der Waals surface area (Å²) in [5, 5.41) is 7.41. The minimum Gasteiger partial charge on any atom is -0.326 e. The van der Waals surface area contributed by atoms with E-state index in [0.29, 0.717) is 6.54 Å². The molecule has 1 heterocycles. The Morgan fingerprint density at radius 3 is 3.09 bits per heavy atom. The van der Waals surface area contributed by atoms with Crippen molar-refractivity contribution in [3.05, 3.63) is 23.8 Å². The highest BCUT2D eigenvalue weighted by Gasteiger charge is 2.02. The Labute approximate surface area is 63.0 Å². The summed E-state index contributed by atoms with van der Waals surface area (Å²) in [6.45, 7) is 0.464. The minimum absolute atomic E-state index is 0.464. The first-order chi connectivity index (χ1) is 5.42. The Bertz CT molecular complexity index is 368. The van der Waals surface area contributed by atoms with Gasteiger partial charge in [-0.25, -0.2) is 4.63 Å². The molecule has 0 radical (unpaired) electrons. The maximum Gasteiger partial charge on any atom is 0.139 e. The summed E-state index contributed by atoms with van der Waals surface area (Å²) in [6, 6.07) is 5.63. The molecule has 0 aliphatic heterocycles. The van der Waals surface area contributed by atoms with E-state index in [4.69, 9.17) is 5.73 Å². The van der Waals surface area contributed by atoms with E-state index < -0.39 is 0 Å². The fourth-order valence-electron chi connectivity index (χ4n) is 1.03. The number of nitrogens with two attached hydrogens (primary N) is 1. The standard InChI is InChI=1S/C7H7N3O/c8-4-5-2-1-3-6-7(5)10-11-9-6/h1-3H,4,8H2. The lowest BCUT2D eigenvalue weighted by molar-refractivity contribution is 0.315. The second kappa shape index (κ2) is 2.32. The summed E-state index contributed by atoms with van der Waals surface area (Å²) < 4.78 is 4.55. The second-order valence-corrected chi connectivity index (χ2v) is 2.25. The van der Waals surface area contributed by atoms with Gasteiger partial charge in [0.05, 0.1) is 0 Å². The lowest BCUT2D eigenvalue weighted by atomic mass is 10.2. The molecule has 2 aromatic rings. The highest BCUT2D eigenvalue weighted by molar-refractivity contribution is 5.76. The van der Waals surface area contributed by atoms with E-state index in [-0.39, 0.29) is 0 Å². The van der Waals surface area contributed by atoms with E-state index in [9.17, 15) is 0 Å². The van der Waals surface area contributed by atoms with Crippen molar-refractivity contribution in [2.75, 3.05) is 0 Å². The molecule has 4 nitrogen and oxygen atoms in total. The van der Waals surface area contributed by atoms with Crippen LogP contribution in [0.3, 0.4) is 0 Å². The van der Waals surface area contributed by atoms with Crippen molar-refractivity contribution in [2.24, 2.45) is 5.73 Å². The van der Waals surface area contributed by atoms with E-state index in [1.165, 1.54) is 0 Å². The number of hydrogen-bond donors (Lipinski definition) is 1. The van der Waals surface area contributed by atoms with Crippen LogP contribution in [-0.4, -0.2) is 10.3 Å². The minimum atomic E-state index is 0.464. The molecule has 0 spiro atoms. The number of nitrogens with zero attached hydrogens (tertiary/aromatic N) is 2. The van der Waals surface area contributed by atoms with Crippen LogP contribution in [0.4, 0.5) is 0 Å². The summed E-state index contributed by atoms with van der Waals surface area (Å²) in [6.07, 6.45) is 0. The van der Waals surface area contributed by atoms with Crippen molar-refractivity contribution in [3.8, 4) is 0 Å². The van der Waals surface area contributed by atoms with Crippen LogP contribution < -0.4 is 5.73 Å². The van der Waals surface area contributed by atoms with Gasteiger partial charge < -0.3 is 5.73 Å². The third-order valence-corrected chi connectivity index (χ3v) is 1.59. The summed E-state index contributed by atoms with van der Waals surface area (Å²) in [4.78, 5) is 0. The summed E-state index contributed by atoms with van der Waals surface area (Å²) >= 11 is 0. The van der Waals surface area contributed by atoms with Gasteiger partial charge in [0.15, 0.2) is 0 Å². The Balaban J connectivity index is 2.79. The average molecular weight is 149 g/mol. The lowest BCUT2D eigenvalue weighted by Gasteiger charge is -1.92. The number of benzene rings is 1. The molecule has 0 saturated heterocycles. The molecule has 0 amide bonds. The van der Waals surface area contributed by atoms with E-state index in [2.05, 4.69) is 14.9 Å². The van der Waals surface area contributed by atoms with Gasteiger partial charge in [-0.1, -0.05) is 12.1 Å². The lowest BCUT2D eigenvalue weighted by Crippen LogP contribution is -1.96. The van der Waals surface area contributed by atoms with Gasteiger partial charge in [0, 0.05) is 6.54 Å². The Morgan fingerprint density at radius 1 is 1.36 bits per heavy atom. The van der Waals surface area contributed by atoms with Gasteiger partial charge in [-0.3, -0.25) is 0 Å². The fraction of sp³-hybridized carbons (Fsp3) is 0.143. The molecule has 1 aromatic heterocycles. The maximum atomic E-state index is 5.47. The number of rotatable bonds is 1. The monoisotopic (exact) mass is 149 g/mol. The Morgan fingerprint density at radius 2 is 2.27 bits per heavy atom. The van der Waals surface area contributed by atoms with Crippen LogP contribution in [0.25, 0.3) is 11.0 Å².